The summed E-state index contributed by atoms with van der Waals surface area (Å²) in [6.07, 6.45) is -0.682. The van der Waals surface area contributed by atoms with Crippen molar-refractivity contribution in [3.05, 3.63) is 59.3 Å². The molecule has 0 atom stereocenters. The molecule has 0 fully saturated rings. The van der Waals surface area contributed by atoms with Gasteiger partial charge in [0.1, 0.15) is 17.3 Å². The molecule has 2 N–H and O–H groups in total. The molecule has 0 radical (unpaired) electrons. The third-order valence-electron chi connectivity index (χ3n) is 4.37. The van der Waals surface area contributed by atoms with E-state index >= 15 is 0 Å². The Morgan fingerprint density at radius 2 is 1.78 bits per heavy atom. The van der Waals surface area contributed by atoms with Crippen LogP contribution in [0.5, 0.6) is 5.75 Å². The van der Waals surface area contributed by atoms with Crippen LogP contribution in [0.25, 0.3) is 22.0 Å². The van der Waals surface area contributed by atoms with Crippen molar-refractivity contribution in [1.29, 1.82) is 5.26 Å². The fourth-order valence-electron chi connectivity index (χ4n) is 3.02. The molecule has 6 heteroatoms. The molecule has 1 aromatic heterocycles. The highest BCUT2D eigenvalue weighted by atomic mass is 16.4. The van der Waals surface area contributed by atoms with E-state index in [4.69, 9.17) is 5.11 Å². The Morgan fingerprint density at radius 3 is 2.44 bits per heavy atom. The first-order valence-electron chi connectivity index (χ1n) is 8.30. The van der Waals surface area contributed by atoms with Crippen molar-refractivity contribution in [3.8, 4) is 22.9 Å². The maximum absolute atomic E-state index is 12.4. The number of aromatic nitrogens is 1. The molecule has 0 aliphatic carbocycles. The number of hydrogen-bond donors (Lipinski definition) is 2. The second-order valence-electron chi connectivity index (χ2n) is 6.13. The Balaban J connectivity index is 2.28. The summed E-state index contributed by atoms with van der Waals surface area (Å²) >= 11 is 0. The van der Waals surface area contributed by atoms with Gasteiger partial charge >= 0.3 is 5.97 Å². The molecule has 27 heavy (non-hydrogen) atoms. The molecular weight excluding hydrogens is 344 g/mol. The first-order chi connectivity index (χ1) is 12.9. The Morgan fingerprint density at radius 1 is 1.07 bits per heavy atom. The fraction of sp³-hybridized carbons (Fsp3) is 0.143. The Kier molecular flexibility index (Phi) is 4.86. The Bertz CT molecular complexity index is 1110. The fourth-order valence-corrected chi connectivity index (χ4v) is 3.02. The number of rotatable bonds is 5. The van der Waals surface area contributed by atoms with E-state index in [1.807, 2.05) is 43.3 Å². The summed E-state index contributed by atoms with van der Waals surface area (Å²) in [5.41, 5.74) is 2.72. The minimum Gasteiger partial charge on any atom is -0.504 e. The van der Waals surface area contributed by atoms with Crippen LogP contribution in [0.4, 0.5) is 0 Å². The average molecular weight is 360 g/mol. The van der Waals surface area contributed by atoms with Crippen molar-refractivity contribution in [2.45, 2.75) is 19.8 Å². The van der Waals surface area contributed by atoms with Gasteiger partial charge in [-0.2, -0.15) is 5.26 Å². The van der Waals surface area contributed by atoms with Crippen LogP contribution < -0.4 is 0 Å². The van der Waals surface area contributed by atoms with Crippen LogP contribution >= 0.6 is 0 Å². The first kappa shape index (κ1) is 18.1. The number of nitriles is 1. The molecule has 0 aliphatic heterocycles. The van der Waals surface area contributed by atoms with E-state index < -0.39 is 17.5 Å². The van der Waals surface area contributed by atoms with Gasteiger partial charge in [-0.25, -0.2) is 4.98 Å². The summed E-state index contributed by atoms with van der Waals surface area (Å²) in [4.78, 5) is 27.5. The zero-order valence-electron chi connectivity index (χ0n) is 14.6. The molecule has 0 spiro atoms. The van der Waals surface area contributed by atoms with E-state index in [0.717, 1.165) is 16.7 Å². The third-order valence-corrected chi connectivity index (χ3v) is 4.37. The molecule has 0 saturated heterocycles. The predicted octanol–water partition coefficient (Wildman–Crippen LogP) is 3.84. The number of fused-ring (bicyclic) bond motifs is 1. The summed E-state index contributed by atoms with van der Waals surface area (Å²) in [5, 5.41) is 29.1. The molecule has 0 unspecified atom stereocenters. The quantitative estimate of drug-likeness (QED) is 0.669. The van der Waals surface area contributed by atoms with Crippen molar-refractivity contribution in [2.75, 3.05) is 0 Å². The van der Waals surface area contributed by atoms with Crippen molar-refractivity contribution in [3.63, 3.8) is 0 Å². The number of aryl methyl sites for hydroxylation is 1. The van der Waals surface area contributed by atoms with Gasteiger partial charge in [0.15, 0.2) is 11.5 Å². The minimum absolute atomic E-state index is 0.0471. The monoisotopic (exact) mass is 360 g/mol. The normalized spacial score (nSPS) is 10.5. The number of carboxylic acid groups (broad SMARTS) is 1. The van der Waals surface area contributed by atoms with Gasteiger partial charge in [0, 0.05) is 17.4 Å². The van der Waals surface area contributed by atoms with Crippen LogP contribution in [0, 0.1) is 18.3 Å². The van der Waals surface area contributed by atoms with Gasteiger partial charge in [-0.1, -0.05) is 42.5 Å². The van der Waals surface area contributed by atoms with Crippen LogP contribution in [0.2, 0.25) is 0 Å². The minimum atomic E-state index is -1.12. The van der Waals surface area contributed by atoms with Crippen molar-refractivity contribution >= 4 is 22.7 Å². The van der Waals surface area contributed by atoms with Crippen LogP contribution in [-0.4, -0.2) is 26.9 Å². The number of Topliss-reactive ketones (excluding diaryl/α,β-unsaturated/α-hetero) is 1. The summed E-state index contributed by atoms with van der Waals surface area (Å²) in [6.45, 7) is 1.94. The standard InChI is InChI=1S/C21H16N2O4/c1-12-5-2-3-6-13(12)14-7-4-8-15-16(11-22)21(27)20(23-19(14)15)17(24)9-10-18(25)26/h2-8,27H,9-10H2,1H3,(H,25,26). The van der Waals surface area contributed by atoms with Gasteiger partial charge in [-0.05, 0) is 18.1 Å². The highest BCUT2D eigenvalue weighted by molar-refractivity contribution is 6.05. The maximum atomic E-state index is 12.4. The number of carbonyl (C=O) groups excluding carboxylic acids is 1. The number of ketones is 1. The number of para-hydroxylation sites is 1. The number of carbonyl (C=O) groups is 2. The summed E-state index contributed by atoms with van der Waals surface area (Å²) in [6, 6.07) is 14.8. The predicted molar refractivity (Wildman–Crippen MR) is 99.5 cm³/mol. The SMILES string of the molecule is Cc1ccccc1-c1cccc2c(C#N)c(O)c(C(=O)CCC(=O)O)nc12. The molecule has 134 valence electrons. The second kappa shape index (κ2) is 7.26. The number of nitrogens with zero attached hydrogens (tertiary/aromatic N) is 2. The second-order valence-corrected chi connectivity index (χ2v) is 6.13. The lowest BCUT2D eigenvalue weighted by molar-refractivity contribution is -0.136. The maximum Gasteiger partial charge on any atom is 0.303 e. The molecular formula is C21H16N2O4. The molecule has 6 nitrogen and oxygen atoms in total. The van der Waals surface area contributed by atoms with E-state index in [1.165, 1.54) is 0 Å². The highest BCUT2D eigenvalue weighted by Gasteiger charge is 2.22. The first-order valence-corrected chi connectivity index (χ1v) is 8.30. The molecule has 0 bridgehead atoms. The molecule has 3 aromatic rings. The largest absolute Gasteiger partial charge is 0.504 e. The summed E-state index contributed by atoms with van der Waals surface area (Å²) in [5.74, 6) is -2.25. The van der Waals surface area contributed by atoms with Crippen molar-refractivity contribution < 1.29 is 19.8 Å². The van der Waals surface area contributed by atoms with Crippen molar-refractivity contribution in [1.82, 2.24) is 4.98 Å². The van der Waals surface area contributed by atoms with E-state index in [0.29, 0.717) is 10.9 Å². The molecule has 0 aliphatic rings. The number of carboxylic acids is 1. The average Bonchev–Trinajstić information content (AvgIpc) is 2.65. The number of pyridine rings is 1. The van der Waals surface area contributed by atoms with Crippen LogP contribution in [0.15, 0.2) is 42.5 Å². The Labute approximate surface area is 155 Å². The number of aromatic hydroxyl groups is 1. The third kappa shape index (κ3) is 3.35. The number of aliphatic carboxylic acids is 1. The molecule has 2 aromatic carbocycles. The summed E-state index contributed by atoms with van der Waals surface area (Å²) in [7, 11) is 0. The van der Waals surface area contributed by atoms with Gasteiger partial charge in [0.05, 0.1) is 11.9 Å². The van der Waals surface area contributed by atoms with Gasteiger partial charge in [0.25, 0.3) is 0 Å². The summed E-state index contributed by atoms with van der Waals surface area (Å²) < 4.78 is 0. The van der Waals surface area contributed by atoms with Crippen LogP contribution in [0.1, 0.15) is 34.5 Å². The smallest absolute Gasteiger partial charge is 0.303 e. The van der Waals surface area contributed by atoms with Crippen molar-refractivity contribution in [2.24, 2.45) is 0 Å². The van der Waals surface area contributed by atoms with Gasteiger partial charge < -0.3 is 10.2 Å². The van der Waals surface area contributed by atoms with E-state index in [9.17, 15) is 20.0 Å². The zero-order chi connectivity index (χ0) is 19.6. The number of benzene rings is 2. The van der Waals surface area contributed by atoms with Gasteiger partial charge in [-0.15, -0.1) is 0 Å². The molecule has 0 amide bonds. The molecule has 3 rings (SSSR count). The van der Waals surface area contributed by atoms with Gasteiger partial charge in [-0.3, -0.25) is 9.59 Å². The topological polar surface area (TPSA) is 111 Å². The van der Waals surface area contributed by atoms with E-state index in [-0.39, 0.29) is 24.1 Å². The molecule has 0 saturated carbocycles. The Hall–Kier alpha value is -3.72. The highest BCUT2D eigenvalue weighted by Crippen LogP contribution is 2.35. The van der Waals surface area contributed by atoms with Crippen LogP contribution in [-0.2, 0) is 4.79 Å². The lowest BCUT2D eigenvalue weighted by Gasteiger charge is -2.13. The lowest BCUT2D eigenvalue weighted by Crippen LogP contribution is -2.08. The van der Waals surface area contributed by atoms with E-state index in [1.54, 1.807) is 12.1 Å². The van der Waals surface area contributed by atoms with Gasteiger partial charge in [0.2, 0.25) is 0 Å². The van der Waals surface area contributed by atoms with Crippen LogP contribution in [0.3, 0.4) is 0 Å². The number of hydrogen-bond acceptors (Lipinski definition) is 5. The molecule has 1 heterocycles. The zero-order valence-corrected chi connectivity index (χ0v) is 14.6. The van der Waals surface area contributed by atoms with E-state index in [2.05, 4.69) is 4.98 Å². The lowest BCUT2D eigenvalue weighted by atomic mass is 9.95.